The van der Waals surface area contributed by atoms with Crippen molar-refractivity contribution in [3.63, 3.8) is 0 Å². The maximum atomic E-state index is 7.05. The molecule has 0 aliphatic heterocycles. The molecule has 2 heterocycles. The van der Waals surface area contributed by atoms with Crippen molar-refractivity contribution in [3.8, 4) is 11.1 Å². The molecule has 2 aromatic heterocycles. The highest BCUT2D eigenvalue weighted by atomic mass is 32.1. The summed E-state index contributed by atoms with van der Waals surface area (Å²) in [4.78, 5) is 2.35. The van der Waals surface area contributed by atoms with Crippen LogP contribution in [0.15, 0.2) is 186 Å². The van der Waals surface area contributed by atoms with Crippen LogP contribution in [0.4, 0.5) is 17.1 Å². The van der Waals surface area contributed by atoms with Crippen molar-refractivity contribution >= 4 is 70.5 Å². The average molecular weight is 738 g/mol. The molecule has 268 valence electrons. The summed E-state index contributed by atoms with van der Waals surface area (Å²) in [6, 6.07) is 66.5. The second-order valence-electron chi connectivity index (χ2n) is 15.6. The number of nitrogens with zero attached hydrogens (tertiary/aromatic N) is 1. The van der Waals surface area contributed by atoms with Crippen LogP contribution >= 0.6 is 11.3 Å². The molecule has 56 heavy (non-hydrogen) atoms. The van der Waals surface area contributed by atoms with Crippen LogP contribution in [0.1, 0.15) is 47.6 Å². The molecule has 0 amide bonds. The van der Waals surface area contributed by atoms with Gasteiger partial charge in [-0.2, -0.15) is 0 Å². The number of hydrogen-bond donors (Lipinski definition) is 0. The Morgan fingerprint density at radius 1 is 0.554 bits per heavy atom. The van der Waals surface area contributed by atoms with E-state index in [2.05, 4.69) is 201 Å². The van der Waals surface area contributed by atoms with Crippen molar-refractivity contribution in [2.75, 3.05) is 4.90 Å². The van der Waals surface area contributed by atoms with E-state index >= 15 is 0 Å². The van der Waals surface area contributed by atoms with E-state index in [4.69, 9.17) is 4.42 Å². The molecule has 1 unspecified atom stereocenters. The number of thiophene rings is 1. The van der Waals surface area contributed by atoms with E-state index in [-0.39, 0.29) is 11.3 Å². The number of fused-ring (bicyclic) bond motifs is 9. The van der Waals surface area contributed by atoms with E-state index in [0.717, 1.165) is 45.4 Å². The Labute approximate surface area is 330 Å². The minimum atomic E-state index is -0.0635. The van der Waals surface area contributed by atoms with Gasteiger partial charge in [0.05, 0.1) is 11.1 Å². The Balaban J connectivity index is 1.11. The topological polar surface area (TPSA) is 16.4 Å². The third kappa shape index (κ3) is 5.15. The van der Waals surface area contributed by atoms with Gasteiger partial charge in [0.15, 0.2) is 0 Å². The number of benzene rings is 8. The van der Waals surface area contributed by atoms with E-state index in [9.17, 15) is 0 Å². The van der Waals surface area contributed by atoms with E-state index in [1.807, 2.05) is 11.3 Å². The lowest BCUT2D eigenvalue weighted by Gasteiger charge is -2.26. The zero-order valence-electron chi connectivity index (χ0n) is 31.4. The van der Waals surface area contributed by atoms with E-state index in [1.54, 1.807) is 0 Å². The lowest BCUT2D eigenvalue weighted by molar-refractivity contribution is 0.651. The third-order valence-electron chi connectivity index (χ3n) is 12.1. The van der Waals surface area contributed by atoms with Crippen molar-refractivity contribution in [2.24, 2.45) is 0 Å². The van der Waals surface area contributed by atoms with Gasteiger partial charge in [0.25, 0.3) is 0 Å². The molecule has 8 aromatic carbocycles. The second-order valence-corrected chi connectivity index (χ2v) is 16.7. The first-order valence-electron chi connectivity index (χ1n) is 19.5. The highest BCUT2D eigenvalue weighted by Crippen LogP contribution is 2.50. The van der Waals surface area contributed by atoms with Crippen LogP contribution in [-0.2, 0) is 11.8 Å². The molecular formula is C53H39NOS. The van der Waals surface area contributed by atoms with Crippen molar-refractivity contribution in [2.45, 2.75) is 31.6 Å². The molecule has 2 nitrogen and oxygen atoms in total. The Bertz CT molecular complexity index is 3060. The molecule has 1 aliphatic carbocycles. The van der Waals surface area contributed by atoms with Crippen molar-refractivity contribution in [1.29, 1.82) is 0 Å². The molecule has 1 atom stereocenters. The van der Waals surface area contributed by atoms with Gasteiger partial charge in [0, 0.05) is 53.8 Å². The SMILES string of the molecule is CC1(C)c2ccccc2-c2ccc(CC(c3ccc4c(c3)sc3ccccc34)c3cccc4c3oc3cccc(N(c5ccccc5)c5ccccc5)c34)cc21. The maximum Gasteiger partial charge on any atom is 0.139 e. The van der Waals surface area contributed by atoms with Gasteiger partial charge in [-0.3, -0.25) is 0 Å². The molecule has 1 aliphatic rings. The molecular weight excluding hydrogens is 699 g/mol. The fourth-order valence-electron chi connectivity index (χ4n) is 9.37. The Hall–Kier alpha value is -6.42. The Morgan fingerprint density at radius 3 is 2.05 bits per heavy atom. The summed E-state index contributed by atoms with van der Waals surface area (Å²) in [7, 11) is 0. The van der Waals surface area contributed by atoms with E-state index < -0.39 is 0 Å². The molecule has 0 fully saturated rings. The summed E-state index contributed by atoms with van der Waals surface area (Å²) in [5, 5.41) is 4.89. The van der Waals surface area contributed by atoms with Crippen LogP contribution in [0.25, 0.3) is 53.2 Å². The predicted molar refractivity (Wildman–Crippen MR) is 237 cm³/mol. The van der Waals surface area contributed by atoms with Gasteiger partial charge in [0.2, 0.25) is 0 Å². The largest absolute Gasteiger partial charge is 0.456 e. The standard InChI is InChI=1S/C53H39NOS/c1-53(2)45-23-11-9-19-38(45)39-29-27-34(32-46(39)53)31-44(35-28-30-41-40-20-10-12-26-49(40)56-50(41)33-35)42-21-13-22-43-51-47(24-14-25-48(51)55-52(42)43)54(36-15-5-3-6-16-36)37-17-7-4-8-18-37/h3-30,32-33,44H,31H2,1-2H3. The monoisotopic (exact) mass is 737 g/mol. The molecule has 10 aromatic rings. The molecule has 0 saturated carbocycles. The lowest BCUT2D eigenvalue weighted by Crippen LogP contribution is -2.15. The summed E-state index contributed by atoms with van der Waals surface area (Å²) in [5.41, 5.74) is 14.4. The summed E-state index contributed by atoms with van der Waals surface area (Å²) in [5.74, 6) is 0.0571. The van der Waals surface area contributed by atoms with E-state index in [1.165, 1.54) is 59.1 Å². The molecule has 11 rings (SSSR count). The highest BCUT2D eigenvalue weighted by Gasteiger charge is 2.35. The fraction of sp³-hybridized carbons (Fsp3) is 0.0943. The van der Waals surface area contributed by atoms with Gasteiger partial charge < -0.3 is 9.32 Å². The first-order chi connectivity index (χ1) is 27.5. The Morgan fingerprint density at radius 2 is 1.23 bits per heavy atom. The van der Waals surface area contributed by atoms with E-state index in [0.29, 0.717) is 0 Å². The highest BCUT2D eigenvalue weighted by molar-refractivity contribution is 7.25. The molecule has 0 saturated heterocycles. The lowest BCUT2D eigenvalue weighted by atomic mass is 9.80. The van der Waals surface area contributed by atoms with Gasteiger partial charge in [-0.25, -0.2) is 0 Å². The van der Waals surface area contributed by atoms with Gasteiger partial charge in [-0.15, -0.1) is 11.3 Å². The zero-order valence-corrected chi connectivity index (χ0v) is 32.2. The fourth-order valence-corrected chi connectivity index (χ4v) is 10.5. The van der Waals surface area contributed by atoms with Crippen molar-refractivity contribution < 1.29 is 4.42 Å². The molecule has 0 radical (unpaired) electrons. The van der Waals surface area contributed by atoms with Crippen LogP contribution < -0.4 is 4.90 Å². The number of furan rings is 1. The van der Waals surface area contributed by atoms with Gasteiger partial charge in [-0.1, -0.05) is 147 Å². The molecule has 0 spiro atoms. The van der Waals surface area contributed by atoms with Crippen molar-refractivity contribution in [3.05, 3.63) is 210 Å². The minimum Gasteiger partial charge on any atom is -0.456 e. The predicted octanol–water partition coefficient (Wildman–Crippen LogP) is 15.1. The van der Waals surface area contributed by atoms with Crippen LogP contribution in [0.5, 0.6) is 0 Å². The third-order valence-corrected chi connectivity index (χ3v) is 13.2. The summed E-state index contributed by atoms with van der Waals surface area (Å²) < 4.78 is 9.69. The van der Waals surface area contributed by atoms with Crippen LogP contribution in [0, 0.1) is 0 Å². The van der Waals surface area contributed by atoms with Crippen LogP contribution in [0.3, 0.4) is 0 Å². The molecule has 3 heteroatoms. The summed E-state index contributed by atoms with van der Waals surface area (Å²) in [6.07, 6.45) is 0.847. The normalized spacial score (nSPS) is 13.7. The van der Waals surface area contributed by atoms with Gasteiger partial charge in [-0.05, 0) is 88.3 Å². The van der Waals surface area contributed by atoms with Crippen LogP contribution in [-0.4, -0.2) is 0 Å². The molecule has 0 bridgehead atoms. The summed E-state index contributed by atoms with van der Waals surface area (Å²) in [6.45, 7) is 4.74. The first kappa shape index (κ1) is 33.0. The maximum absolute atomic E-state index is 7.05. The van der Waals surface area contributed by atoms with Gasteiger partial charge >= 0.3 is 0 Å². The number of hydrogen-bond acceptors (Lipinski definition) is 3. The average Bonchev–Trinajstić information content (AvgIpc) is 3.89. The second kappa shape index (κ2) is 12.8. The van der Waals surface area contributed by atoms with Gasteiger partial charge in [0.1, 0.15) is 11.2 Å². The number of para-hydroxylation sites is 3. The number of rotatable bonds is 7. The zero-order chi connectivity index (χ0) is 37.4. The quantitative estimate of drug-likeness (QED) is 0.162. The smallest absolute Gasteiger partial charge is 0.139 e. The minimum absolute atomic E-state index is 0.0571. The molecule has 0 N–H and O–H groups in total. The number of anilines is 3. The first-order valence-corrected chi connectivity index (χ1v) is 20.3. The van der Waals surface area contributed by atoms with Crippen LogP contribution in [0.2, 0.25) is 0 Å². The van der Waals surface area contributed by atoms with Crippen molar-refractivity contribution in [1.82, 2.24) is 0 Å². The Kier molecular flexibility index (Phi) is 7.55. The summed E-state index contributed by atoms with van der Waals surface area (Å²) >= 11 is 1.88.